The number of rotatable bonds is 7. The lowest BCUT2D eigenvalue weighted by atomic mass is 9.80. The third-order valence-electron chi connectivity index (χ3n) is 8.67. The monoisotopic (exact) mass is 514 g/mol. The van der Waals surface area contributed by atoms with E-state index in [1.165, 1.54) is 11.3 Å². The van der Waals surface area contributed by atoms with Gasteiger partial charge in [0.05, 0.1) is 24.6 Å². The lowest BCUT2D eigenvalue weighted by Crippen LogP contribution is -2.47. The van der Waals surface area contributed by atoms with Crippen LogP contribution in [-0.4, -0.2) is 52.4 Å². The van der Waals surface area contributed by atoms with Crippen LogP contribution < -0.4 is 9.64 Å². The zero-order valence-electron chi connectivity index (χ0n) is 22.1. The van der Waals surface area contributed by atoms with Gasteiger partial charge in [0, 0.05) is 30.9 Å². The summed E-state index contributed by atoms with van der Waals surface area (Å²) in [5, 5.41) is 0. The van der Waals surface area contributed by atoms with Crippen LogP contribution >= 0.6 is 0 Å². The number of anilines is 1. The predicted octanol–water partition coefficient (Wildman–Crippen LogP) is 4.37. The summed E-state index contributed by atoms with van der Waals surface area (Å²) in [6.45, 7) is 3.53. The van der Waals surface area contributed by atoms with Crippen molar-refractivity contribution >= 4 is 34.4 Å². The number of carbonyl (C=O) groups is 3. The molecule has 1 unspecified atom stereocenters. The zero-order valence-corrected chi connectivity index (χ0v) is 22.1. The molecule has 3 aromatic rings. The second kappa shape index (κ2) is 9.57. The Morgan fingerprint density at radius 1 is 0.974 bits per heavy atom. The van der Waals surface area contributed by atoms with Crippen LogP contribution in [0.15, 0.2) is 42.5 Å². The van der Waals surface area contributed by atoms with Gasteiger partial charge in [-0.2, -0.15) is 0 Å². The Hall–Kier alpha value is -3.68. The van der Waals surface area contributed by atoms with Gasteiger partial charge in [-0.1, -0.05) is 31.4 Å². The van der Waals surface area contributed by atoms with Crippen molar-refractivity contribution in [3.63, 3.8) is 0 Å². The fraction of sp³-hybridized carbons (Fsp3) is 0.467. The highest BCUT2D eigenvalue weighted by molar-refractivity contribution is 6.28. The average Bonchev–Trinajstić information content (AvgIpc) is 3.48. The fourth-order valence-corrected chi connectivity index (χ4v) is 6.69. The first kappa shape index (κ1) is 24.6. The largest absolute Gasteiger partial charge is 0.497 e. The van der Waals surface area contributed by atoms with E-state index in [1.54, 1.807) is 18.1 Å². The van der Waals surface area contributed by atoms with Gasteiger partial charge in [-0.25, -0.2) is 4.98 Å². The number of hydrogen-bond acceptors (Lipinski definition) is 5. The van der Waals surface area contributed by atoms with Crippen LogP contribution in [0.5, 0.6) is 5.75 Å². The first-order chi connectivity index (χ1) is 18.4. The van der Waals surface area contributed by atoms with E-state index in [0.29, 0.717) is 49.0 Å². The third-order valence-corrected chi connectivity index (χ3v) is 8.67. The molecule has 8 nitrogen and oxygen atoms in total. The smallest absolute Gasteiger partial charge is 0.250 e. The number of methoxy groups -OCH3 is 1. The van der Waals surface area contributed by atoms with Crippen LogP contribution in [0.2, 0.25) is 0 Å². The van der Waals surface area contributed by atoms with E-state index in [2.05, 4.69) is 15.6 Å². The number of aromatic nitrogens is 2. The quantitative estimate of drug-likeness (QED) is 0.345. The van der Waals surface area contributed by atoms with E-state index >= 15 is 0 Å². The normalized spacial score (nSPS) is 21.8. The van der Waals surface area contributed by atoms with E-state index in [-0.39, 0.29) is 24.1 Å². The van der Waals surface area contributed by atoms with Crippen molar-refractivity contribution in [3.8, 4) is 5.75 Å². The van der Waals surface area contributed by atoms with Gasteiger partial charge < -0.3 is 14.2 Å². The number of imide groups is 1. The van der Waals surface area contributed by atoms with Crippen molar-refractivity contribution in [1.82, 2.24) is 14.5 Å². The van der Waals surface area contributed by atoms with E-state index < -0.39 is 5.41 Å². The summed E-state index contributed by atoms with van der Waals surface area (Å²) in [7, 11) is 1.57. The van der Waals surface area contributed by atoms with Crippen molar-refractivity contribution in [2.24, 2.45) is 5.92 Å². The topological polar surface area (TPSA) is 84.7 Å². The molecule has 2 aliphatic heterocycles. The molecule has 1 aromatic heterocycles. The maximum atomic E-state index is 14.1. The van der Waals surface area contributed by atoms with Gasteiger partial charge in [0.1, 0.15) is 11.6 Å². The number of fused-ring (bicyclic) bond motifs is 3. The molecule has 1 spiro atoms. The van der Waals surface area contributed by atoms with Gasteiger partial charge in [-0.15, -0.1) is 0 Å². The van der Waals surface area contributed by atoms with E-state index in [4.69, 9.17) is 4.74 Å². The number of aryl methyl sites for hydroxylation is 2. The zero-order chi connectivity index (χ0) is 26.4. The molecular weight excluding hydrogens is 480 g/mol. The van der Waals surface area contributed by atoms with Crippen LogP contribution in [0, 0.1) is 12.8 Å². The maximum Gasteiger partial charge on any atom is 0.250 e. The van der Waals surface area contributed by atoms with E-state index in [1.807, 2.05) is 37.3 Å². The second-order valence-corrected chi connectivity index (χ2v) is 10.9. The Bertz CT molecular complexity index is 1420. The predicted molar refractivity (Wildman–Crippen MR) is 144 cm³/mol. The fourth-order valence-electron chi connectivity index (χ4n) is 6.69. The number of ether oxygens (including phenoxy) is 1. The molecule has 1 aliphatic carbocycles. The Morgan fingerprint density at radius 3 is 2.53 bits per heavy atom. The first-order valence-corrected chi connectivity index (χ1v) is 13.7. The Labute approximate surface area is 222 Å². The summed E-state index contributed by atoms with van der Waals surface area (Å²) in [6, 6.07) is 13.5. The highest BCUT2D eigenvalue weighted by atomic mass is 16.5. The number of imidazole rings is 1. The van der Waals surface area contributed by atoms with Gasteiger partial charge in [0.15, 0.2) is 5.41 Å². The molecule has 1 saturated heterocycles. The van der Waals surface area contributed by atoms with Crippen molar-refractivity contribution in [2.75, 3.05) is 25.1 Å². The molecule has 8 heteroatoms. The molecule has 6 rings (SSSR count). The highest BCUT2D eigenvalue weighted by Crippen LogP contribution is 2.50. The van der Waals surface area contributed by atoms with Gasteiger partial charge in [-0.3, -0.25) is 19.3 Å². The van der Waals surface area contributed by atoms with Gasteiger partial charge in [0.2, 0.25) is 17.7 Å². The van der Waals surface area contributed by atoms with Crippen LogP contribution in [0.25, 0.3) is 11.0 Å². The van der Waals surface area contributed by atoms with Crippen LogP contribution in [0.4, 0.5) is 5.69 Å². The number of likely N-dealkylation sites (tertiary alicyclic amines) is 1. The minimum atomic E-state index is -1.49. The molecule has 3 heterocycles. The van der Waals surface area contributed by atoms with Gasteiger partial charge in [-0.05, 0) is 62.4 Å². The van der Waals surface area contributed by atoms with Gasteiger partial charge in [0.25, 0.3) is 0 Å². The SMILES string of the molecule is COc1ccc2c(c1)C1(CC(=O)N(CC3CCCCC3)C1=O)C(=O)N2CCCn1c(C)nc2ccccc21. The summed E-state index contributed by atoms with van der Waals surface area (Å²) in [5.74, 6) is 0.909. The van der Waals surface area contributed by atoms with E-state index in [0.717, 1.165) is 42.5 Å². The Balaban J connectivity index is 1.28. The number of benzene rings is 2. The average molecular weight is 515 g/mol. The van der Waals surface area contributed by atoms with Gasteiger partial charge >= 0.3 is 0 Å². The summed E-state index contributed by atoms with van der Waals surface area (Å²) >= 11 is 0. The number of amides is 3. The summed E-state index contributed by atoms with van der Waals surface area (Å²) in [5.41, 5.74) is 1.81. The third kappa shape index (κ3) is 3.80. The lowest BCUT2D eigenvalue weighted by Gasteiger charge is -2.27. The molecule has 2 aromatic carbocycles. The standard InChI is InChI=1S/C30H34N4O4/c1-20-31-24-11-6-7-12-26(24)32(20)15-8-16-33-25-14-13-22(38-2)17-23(25)30(28(33)36)18-27(35)34(29(30)37)19-21-9-4-3-5-10-21/h6-7,11-14,17,21H,3-5,8-10,15-16,18-19H2,1-2H3. The van der Waals surface area contributed by atoms with Crippen molar-refractivity contribution in [1.29, 1.82) is 0 Å². The minimum Gasteiger partial charge on any atom is -0.497 e. The molecule has 1 atom stereocenters. The minimum absolute atomic E-state index is 0.112. The van der Waals surface area contributed by atoms with Crippen LogP contribution in [0.3, 0.4) is 0 Å². The van der Waals surface area contributed by atoms with Crippen molar-refractivity contribution < 1.29 is 19.1 Å². The van der Waals surface area contributed by atoms with Crippen molar-refractivity contribution in [2.45, 2.75) is 63.8 Å². The molecule has 3 amide bonds. The number of carbonyl (C=O) groups excluding carboxylic acids is 3. The Kier molecular flexibility index (Phi) is 6.20. The molecule has 198 valence electrons. The molecular formula is C30H34N4O4. The van der Waals surface area contributed by atoms with Crippen molar-refractivity contribution in [3.05, 3.63) is 53.9 Å². The maximum absolute atomic E-state index is 14.1. The molecule has 3 aliphatic rings. The highest BCUT2D eigenvalue weighted by Gasteiger charge is 2.63. The molecule has 1 saturated carbocycles. The molecule has 0 bridgehead atoms. The number of nitrogens with zero attached hydrogens (tertiary/aromatic N) is 4. The molecule has 2 fully saturated rings. The molecule has 38 heavy (non-hydrogen) atoms. The summed E-state index contributed by atoms with van der Waals surface area (Å²) in [4.78, 5) is 49.1. The van der Waals surface area contributed by atoms with Crippen LogP contribution in [0.1, 0.15) is 56.3 Å². The number of hydrogen-bond donors (Lipinski definition) is 0. The summed E-state index contributed by atoms with van der Waals surface area (Å²) < 4.78 is 7.62. The second-order valence-electron chi connectivity index (χ2n) is 10.9. The molecule has 0 N–H and O–H groups in total. The van der Waals surface area contributed by atoms with Crippen LogP contribution in [-0.2, 0) is 26.3 Å². The Morgan fingerprint density at radius 2 is 1.74 bits per heavy atom. The number of para-hydroxylation sites is 2. The molecule has 0 radical (unpaired) electrons. The summed E-state index contributed by atoms with van der Waals surface area (Å²) in [6.07, 6.45) is 6.09. The first-order valence-electron chi connectivity index (χ1n) is 13.7. The van der Waals surface area contributed by atoms with E-state index in [9.17, 15) is 14.4 Å². The lowest BCUT2D eigenvalue weighted by molar-refractivity contribution is -0.142.